The van der Waals surface area contributed by atoms with Gasteiger partial charge in [0.05, 0.1) is 6.54 Å². The van der Waals surface area contributed by atoms with E-state index in [4.69, 9.17) is 5.11 Å². The van der Waals surface area contributed by atoms with Gasteiger partial charge >= 0.3 is 5.97 Å². The summed E-state index contributed by atoms with van der Waals surface area (Å²) in [5.41, 5.74) is 5.90. The van der Waals surface area contributed by atoms with Gasteiger partial charge in [0, 0.05) is 49.9 Å². The lowest BCUT2D eigenvalue weighted by atomic mass is 9.83. The first kappa shape index (κ1) is 20.8. The highest BCUT2D eigenvalue weighted by Crippen LogP contribution is 2.35. The van der Waals surface area contributed by atoms with Gasteiger partial charge in [0.25, 0.3) is 5.56 Å². The Bertz CT molecular complexity index is 1010. The number of carbonyl (C=O) groups is 1. The number of likely N-dealkylation sites (tertiary alicyclic amines) is 1. The van der Waals surface area contributed by atoms with E-state index in [-0.39, 0.29) is 18.0 Å². The minimum Gasteiger partial charge on any atom is -0.480 e. The Labute approximate surface area is 177 Å². The lowest BCUT2D eigenvalue weighted by Crippen LogP contribution is -2.48. The van der Waals surface area contributed by atoms with E-state index in [1.807, 2.05) is 15.5 Å². The number of hydrogen-bond donors (Lipinski definition) is 1. The molecule has 1 aromatic carbocycles. The minimum atomic E-state index is -0.783. The normalized spacial score (nSPS) is 20.9. The van der Waals surface area contributed by atoms with Gasteiger partial charge in [0.15, 0.2) is 0 Å². The number of piperidine rings is 1. The van der Waals surface area contributed by atoms with Crippen LogP contribution in [0.1, 0.15) is 40.3 Å². The van der Waals surface area contributed by atoms with E-state index < -0.39 is 5.97 Å². The molecule has 0 unspecified atom stereocenters. The van der Waals surface area contributed by atoms with Crippen LogP contribution in [0.15, 0.2) is 35.1 Å². The van der Waals surface area contributed by atoms with Crippen LogP contribution >= 0.6 is 0 Å². The number of fused-ring (bicyclic) bond motifs is 4. The van der Waals surface area contributed by atoms with E-state index in [2.05, 4.69) is 50.1 Å². The monoisotopic (exact) mass is 409 g/mol. The van der Waals surface area contributed by atoms with E-state index in [0.29, 0.717) is 25.6 Å². The van der Waals surface area contributed by atoms with Crippen LogP contribution in [0.5, 0.6) is 0 Å². The number of rotatable bonds is 6. The number of aryl methyl sites for hydroxylation is 1. The maximum Gasteiger partial charge on any atom is 0.317 e. The van der Waals surface area contributed by atoms with Crippen molar-refractivity contribution in [2.75, 3.05) is 26.7 Å². The number of aromatic nitrogens is 1. The highest BCUT2D eigenvalue weighted by molar-refractivity contribution is 5.69. The highest BCUT2D eigenvalue weighted by Gasteiger charge is 2.35. The summed E-state index contributed by atoms with van der Waals surface area (Å²) in [6, 6.07) is 10.4. The number of carboxylic acids is 1. The second kappa shape index (κ2) is 8.36. The molecule has 6 nitrogen and oxygen atoms in total. The van der Waals surface area contributed by atoms with Crippen LogP contribution in [0, 0.1) is 19.8 Å². The van der Waals surface area contributed by atoms with Gasteiger partial charge in [-0.2, -0.15) is 0 Å². The Hall–Kier alpha value is -2.44. The second-order valence-corrected chi connectivity index (χ2v) is 9.12. The van der Waals surface area contributed by atoms with Crippen LogP contribution in [0.3, 0.4) is 0 Å². The van der Waals surface area contributed by atoms with Crippen molar-refractivity contribution in [1.82, 2.24) is 14.4 Å². The molecule has 0 aliphatic carbocycles. The Morgan fingerprint density at radius 1 is 1.10 bits per heavy atom. The predicted molar refractivity (Wildman–Crippen MR) is 117 cm³/mol. The molecule has 2 aliphatic rings. The van der Waals surface area contributed by atoms with Crippen LogP contribution in [-0.4, -0.2) is 52.1 Å². The van der Waals surface area contributed by atoms with Crippen molar-refractivity contribution in [3.63, 3.8) is 0 Å². The molecule has 2 aliphatic heterocycles. The zero-order valence-electron chi connectivity index (χ0n) is 18.1. The molecule has 1 fully saturated rings. The summed E-state index contributed by atoms with van der Waals surface area (Å²) in [4.78, 5) is 28.6. The van der Waals surface area contributed by atoms with E-state index in [1.54, 1.807) is 0 Å². The minimum absolute atomic E-state index is 0.0818. The third-order valence-corrected chi connectivity index (χ3v) is 6.71. The molecule has 1 saturated heterocycles. The van der Waals surface area contributed by atoms with Crippen LogP contribution in [0.25, 0.3) is 0 Å². The van der Waals surface area contributed by atoms with Gasteiger partial charge in [-0.1, -0.05) is 24.3 Å². The zero-order chi connectivity index (χ0) is 21.4. The molecule has 30 heavy (non-hydrogen) atoms. The first-order valence-electron chi connectivity index (χ1n) is 10.7. The first-order chi connectivity index (χ1) is 14.3. The van der Waals surface area contributed by atoms with E-state index in [0.717, 1.165) is 30.8 Å². The topological polar surface area (TPSA) is 65.8 Å². The lowest BCUT2D eigenvalue weighted by molar-refractivity contribution is -0.139. The predicted octanol–water partition coefficient (Wildman–Crippen LogP) is 2.60. The van der Waals surface area contributed by atoms with E-state index in [9.17, 15) is 9.59 Å². The summed E-state index contributed by atoms with van der Waals surface area (Å²) < 4.78 is 1.96. The standard InChI is InChI=1S/C24H31N3O3/c1-16-5-4-6-19(17(16)2)12-25(3)13-20-7-8-22-21-9-18(11-27(22)24(20)30)10-26(14-21)15-23(28)29/h4-8,18,21H,9-15H2,1-3H3,(H,28,29)/t18-,21+/m0/s1. The van der Waals surface area contributed by atoms with Crippen molar-refractivity contribution < 1.29 is 9.90 Å². The Morgan fingerprint density at radius 2 is 1.87 bits per heavy atom. The number of hydrogen-bond acceptors (Lipinski definition) is 4. The van der Waals surface area contributed by atoms with Crippen LogP contribution < -0.4 is 5.56 Å². The fourth-order valence-corrected chi connectivity index (χ4v) is 5.15. The molecule has 2 atom stereocenters. The largest absolute Gasteiger partial charge is 0.480 e. The Morgan fingerprint density at radius 3 is 2.63 bits per heavy atom. The summed E-state index contributed by atoms with van der Waals surface area (Å²) in [7, 11) is 2.06. The van der Waals surface area contributed by atoms with Gasteiger partial charge in [-0.15, -0.1) is 0 Å². The van der Waals surface area contributed by atoms with E-state index in [1.165, 1.54) is 16.7 Å². The van der Waals surface area contributed by atoms with Crippen molar-refractivity contribution in [1.29, 1.82) is 0 Å². The SMILES string of the molecule is Cc1cccc(CN(C)Cc2ccc3n(c2=O)C[C@H]2C[C@@H]3CN(CC(=O)O)C2)c1C. The molecule has 0 amide bonds. The maximum absolute atomic E-state index is 13.2. The summed E-state index contributed by atoms with van der Waals surface area (Å²) in [5, 5.41) is 9.13. The van der Waals surface area contributed by atoms with Gasteiger partial charge in [-0.25, -0.2) is 0 Å². The third-order valence-electron chi connectivity index (χ3n) is 6.71. The Kier molecular flexibility index (Phi) is 5.80. The van der Waals surface area contributed by atoms with Crippen molar-refractivity contribution in [2.45, 2.75) is 45.8 Å². The van der Waals surface area contributed by atoms with Gasteiger partial charge in [-0.05, 0) is 56.0 Å². The molecule has 0 saturated carbocycles. The number of pyridine rings is 1. The van der Waals surface area contributed by atoms with E-state index >= 15 is 0 Å². The molecule has 160 valence electrons. The number of carboxylic acid groups (broad SMARTS) is 1. The fourth-order valence-electron chi connectivity index (χ4n) is 5.15. The van der Waals surface area contributed by atoms with Crippen molar-refractivity contribution >= 4 is 5.97 Å². The molecule has 0 spiro atoms. The molecule has 1 aromatic heterocycles. The first-order valence-corrected chi connectivity index (χ1v) is 10.7. The van der Waals surface area contributed by atoms with Crippen molar-refractivity contribution in [3.8, 4) is 0 Å². The molecule has 4 rings (SSSR count). The average molecular weight is 410 g/mol. The van der Waals surface area contributed by atoms with Crippen molar-refractivity contribution in [3.05, 3.63) is 68.6 Å². The molecular weight excluding hydrogens is 378 g/mol. The van der Waals surface area contributed by atoms with Gasteiger partial charge in [0.2, 0.25) is 0 Å². The number of benzene rings is 1. The molecule has 2 bridgehead atoms. The summed E-state index contributed by atoms with van der Waals surface area (Å²) in [6.07, 6.45) is 1.04. The summed E-state index contributed by atoms with van der Waals surface area (Å²) >= 11 is 0. The van der Waals surface area contributed by atoms with Crippen LogP contribution in [0.4, 0.5) is 0 Å². The fraction of sp³-hybridized carbons (Fsp3) is 0.500. The lowest BCUT2D eigenvalue weighted by Gasteiger charge is -2.42. The van der Waals surface area contributed by atoms with Crippen LogP contribution in [0.2, 0.25) is 0 Å². The molecule has 3 heterocycles. The molecule has 0 radical (unpaired) electrons. The summed E-state index contributed by atoms with van der Waals surface area (Å²) in [5.74, 6) is -0.197. The van der Waals surface area contributed by atoms with Crippen molar-refractivity contribution in [2.24, 2.45) is 5.92 Å². The van der Waals surface area contributed by atoms with Gasteiger partial charge in [0.1, 0.15) is 0 Å². The Balaban J connectivity index is 1.51. The smallest absolute Gasteiger partial charge is 0.317 e. The number of nitrogens with zero attached hydrogens (tertiary/aromatic N) is 3. The van der Waals surface area contributed by atoms with Gasteiger partial charge in [-0.3, -0.25) is 19.4 Å². The quantitative estimate of drug-likeness (QED) is 0.795. The number of aliphatic carboxylic acids is 1. The third kappa shape index (κ3) is 4.20. The zero-order valence-corrected chi connectivity index (χ0v) is 18.1. The average Bonchev–Trinajstić information content (AvgIpc) is 2.67. The molecule has 6 heteroatoms. The highest BCUT2D eigenvalue weighted by atomic mass is 16.4. The maximum atomic E-state index is 13.2. The molecule has 2 aromatic rings. The summed E-state index contributed by atoms with van der Waals surface area (Å²) in [6.45, 7) is 7.95. The second-order valence-electron chi connectivity index (χ2n) is 9.12. The molecule has 1 N–H and O–H groups in total. The molecular formula is C24H31N3O3. The van der Waals surface area contributed by atoms with Crippen LogP contribution in [-0.2, 0) is 24.4 Å². The van der Waals surface area contributed by atoms with Gasteiger partial charge < -0.3 is 9.67 Å².